The first-order valence-corrected chi connectivity index (χ1v) is 6.38. The van der Waals surface area contributed by atoms with Crippen LogP contribution in [0, 0.1) is 0 Å². The molecule has 0 aliphatic carbocycles. The molecule has 0 radical (unpaired) electrons. The molecule has 14 nitrogen and oxygen atoms in total. The molecule has 0 rings (SSSR count). The predicted molar refractivity (Wildman–Crippen MR) is 61.9 cm³/mol. The Morgan fingerprint density at radius 3 is 0.500 bits per heavy atom. The molecule has 0 heterocycles. The van der Waals surface area contributed by atoms with Crippen LogP contribution in [0.3, 0.4) is 0 Å². The van der Waals surface area contributed by atoms with Gasteiger partial charge < -0.3 is 12.4 Å². The van der Waals surface area contributed by atoms with Crippen LogP contribution in [-0.4, -0.2) is 64.2 Å². The van der Waals surface area contributed by atoms with Crippen LogP contribution < -0.4 is 29.6 Å². The van der Waals surface area contributed by atoms with Crippen molar-refractivity contribution in [3.63, 3.8) is 0 Å². The fraction of sp³-hybridized carbons (Fsp3) is 0. The summed E-state index contributed by atoms with van der Waals surface area (Å²) < 4.78 is 91.3. The van der Waals surface area contributed by atoms with Gasteiger partial charge in [0.15, 0.2) is 0 Å². The molecule has 0 fully saturated rings. The SMILES string of the molecule is O.O.O=S(O)O.O=S(O)O.O=S(O)O.O=S(O)O.[H-].[Na+].[Pd]. The van der Waals surface area contributed by atoms with Gasteiger partial charge in [-0.05, 0) is 0 Å². The van der Waals surface area contributed by atoms with Gasteiger partial charge in [-0.15, -0.1) is 0 Å². The summed E-state index contributed by atoms with van der Waals surface area (Å²) in [5, 5.41) is 0. The van der Waals surface area contributed by atoms with E-state index in [-0.39, 0.29) is 62.4 Å². The van der Waals surface area contributed by atoms with Gasteiger partial charge in [-0.25, -0.2) is 0 Å². The number of hydrogen-bond acceptors (Lipinski definition) is 4. The molecule has 0 bridgehead atoms. The third kappa shape index (κ3) is 2040. The summed E-state index contributed by atoms with van der Waals surface area (Å²) in [5.41, 5.74) is 0. The first-order chi connectivity index (χ1) is 6.93. The van der Waals surface area contributed by atoms with Gasteiger partial charge in [0.25, 0.3) is 45.4 Å². The van der Waals surface area contributed by atoms with E-state index >= 15 is 0 Å². The molecule has 0 saturated heterocycles. The standard InChI is InChI=1S/Na.4H2O3S.2H2O.Pd.H/c;4*1-4(2)3;;;;/h;4*(H2,1,2,3);2*1H2;;/q+1;;;;;;;;-1. The Bertz CT molecular complexity index is 171. The first-order valence-electron chi connectivity index (χ1n) is 2.13. The minimum Gasteiger partial charge on any atom is -1.00 e. The average molecular weight is 495 g/mol. The quantitative estimate of drug-likeness (QED) is 0.115. The summed E-state index contributed by atoms with van der Waals surface area (Å²) in [4.78, 5) is 0. The van der Waals surface area contributed by atoms with Gasteiger partial charge in [0.1, 0.15) is 0 Å². The number of rotatable bonds is 0. The molecule has 0 aliphatic heterocycles. The van der Waals surface area contributed by atoms with Crippen LogP contribution in [0.5, 0.6) is 0 Å². The molecule has 12 N–H and O–H groups in total. The summed E-state index contributed by atoms with van der Waals surface area (Å²) >= 11 is -10.4. The van der Waals surface area contributed by atoms with Gasteiger partial charge in [-0.3, -0.25) is 36.4 Å². The van der Waals surface area contributed by atoms with E-state index in [0.29, 0.717) is 0 Å². The van der Waals surface area contributed by atoms with E-state index < -0.39 is 45.4 Å². The van der Waals surface area contributed by atoms with E-state index in [4.69, 9.17) is 53.3 Å². The zero-order chi connectivity index (χ0) is 14.3. The molecule has 0 aromatic carbocycles. The maximum absolute atomic E-state index is 8.67. The molecule has 0 unspecified atom stereocenters. The monoisotopic (exact) mass is 494 g/mol. The van der Waals surface area contributed by atoms with Crippen LogP contribution in [-0.2, 0) is 65.9 Å². The summed E-state index contributed by atoms with van der Waals surface area (Å²) in [6.07, 6.45) is 0. The molecule has 0 atom stereocenters. The summed E-state index contributed by atoms with van der Waals surface area (Å²) in [5.74, 6) is 0. The second-order valence-electron chi connectivity index (χ2n) is 0.923. The number of hydrogen-bond donors (Lipinski definition) is 8. The van der Waals surface area contributed by atoms with Crippen LogP contribution in [0.4, 0.5) is 0 Å². The van der Waals surface area contributed by atoms with Crippen molar-refractivity contribution in [2.24, 2.45) is 0 Å². The fourth-order valence-electron chi connectivity index (χ4n) is 0. The van der Waals surface area contributed by atoms with Gasteiger partial charge in [0.05, 0.1) is 0 Å². The summed E-state index contributed by atoms with van der Waals surface area (Å²) in [6.45, 7) is 0. The minimum absolute atomic E-state index is 0. The third-order valence-electron chi connectivity index (χ3n) is 0. The van der Waals surface area contributed by atoms with Crippen molar-refractivity contribution in [1.82, 2.24) is 0 Å². The van der Waals surface area contributed by atoms with Crippen LogP contribution in [0.15, 0.2) is 0 Å². The van der Waals surface area contributed by atoms with Crippen molar-refractivity contribution >= 4 is 45.4 Å². The second-order valence-corrected chi connectivity index (χ2v) is 2.77. The molecule has 0 spiro atoms. The van der Waals surface area contributed by atoms with Crippen molar-refractivity contribution in [2.45, 2.75) is 0 Å². The van der Waals surface area contributed by atoms with Crippen molar-refractivity contribution < 1.29 is 116 Å². The Morgan fingerprint density at radius 1 is 0.500 bits per heavy atom. The Morgan fingerprint density at radius 2 is 0.500 bits per heavy atom. The van der Waals surface area contributed by atoms with Crippen molar-refractivity contribution in [2.75, 3.05) is 0 Å². The second kappa shape index (κ2) is 42.8. The zero-order valence-electron chi connectivity index (χ0n) is 10.2. The zero-order valence-corrected chi connectivity index (χ0v) is 16.0. The van der Waals surface area contributed by atoms with Gasteiger partial charge >= 0.3 is 29.6 Å². The van der Waals surface area contributed by atoms with Crippen LogP contribution in [0.25, 0.3) is 0 Å². The smallest absolute Gasteiger partial charge is 1.00 e. The van der Waals surface area contributed by atoms with Gasteiger partial charge in [-0.1, -0.05) is 0 Å². The minimum atomic E-state index is -2.61. The van der Waals surface area contributed by atoms with E-state index in [1.54, 1.807) is 0 Å². The van der Waals surface area contributed by atoms with E-state index in [9.17, 15) is 0 Å². The fourth-order valence-corrected chi connectivity index (χ4v) is 0. The van der Waals surface area contributed by atoms with Gasteiger partial charge in [0, 0.05) is 20.4 Å². The molecule has 0 aromatic rings. The van der Waals surface area contributed by atoms with Crippen LogP contribution >= 0.6 is 0 Å². The summed E-state index contributed by atoms with van der Waals surface area (Å²) in [6, 6.07) is 0. The molecule has 132 valence electrons. The molecule has 0 aromatic heterocycles. The topological polar surface area (TPSA) is 293 Å². The van der Waals surface area contributed by atoms with E-state index in [1.807, 2.05) is 0 Å². The molecular formula is H13NaO14PdS4. The predicted octanol–water partition coefficient (Wildman–Crippen LogP) is -5.81. The van der Waals surface area contributed by atoms with Gasteiger partial charge in [-0.2, -0.15) is 16.8 Å². The molecular weight excluding hydrogens is 482 g/mol. The third-order valence-corrected chi connectivity index (χ3v) is 0. The van der Waals surface area contributed by atoms with Crippen molar-refractivity contribution in [3.8, 4) is 0 Å². The van der Waals surface area contributed by atoms with E-state index in [1.165, 1.54) is 0 Å². The van der Waals surface area contributed by atoms with Crippen LogP contribution in [0.2, 0.25) is 0 Å². The Kier molecular flexibility index (Phi) is 106. The first kappa shape index (κ1) is 49.5. The largest absolute Gasteiger partial charge is 1.00 e. The van der Waals surface area contributed by atoms with Crippen molar-refractivity contribution in [1.29, 1.82) is 0 Å². The average Bonchev–Trinajstić information content (AvgIpc) is 1.76. The molecule has 0 aliphatic rings. The Balaban J connectivity index is -0.0000000121. The Labute approximate surface area is 160 Å². The normalized spacial score (nSPS) is 7.00. The Hall–Kier alpha value is 1.86. The van der Waals surface area contributed by atoms with Gasteiger partial charge in [0.2, 0.25) is 0 Å². The molecule has 20 heavy (non-hydrogen) atoms. The molecule has 0 saturated carbocycles. The van der Waals surface area contributed by atoms with Crippen LogP contribution in [0.1, 0.15) is 1.43 Å². The molecule has 20 heteroatoms. The van der Waals surface area contributed by atoms with E-state index in [0.717, 1.165) is 0 Å². The maximum Gasteiger partial charge on any atom is 1.00 e. The van der Waals surface area contributed by atoms with Crippen molar-refractivity contribution in [3.05, 3.63) is 0 Å². The van der Waals surface area contributed by atoms with E-state index in [2.05, 4.69) is 0 Å². The molecule has 0 amide bonds. The summed E-state index contributed by atoms with van der Waals surface area (Å²) in [7, 11) is 0. The maximum atomic E-state index is 8.67.